The summed E-state index contributed by atoms with van der Waals surface area (Å²) >= 11 is 0. The predicted molar refractivity (Wildman–Crippen MR) is 69.1 cm³/mol. The summed E-state index contributed by atoms with van der Waals surface area (Å²) in [4.78, 5) is 13.7. The van der Waals surface area contributed by atoms with Crippen LogP contribution in [-0.2, 0) is 4.74 Å². The van der Waals surface area contributed by atoms with E-state index < -0.39 is 0 Å². The Bertz CT molecular complexity index is 219. The van der Waals surface area contributed by atoms with E-state index in [1.807, 2.05) is 0 Å². The van der Waals surface area contributed by atoms with Gasteiger partial charge in [-0.3, -0.25) is 0 Å². The molecule has 1 saturated heterocycles. The van der Waals surface area contributed by atoms with Gasteiger partial charge in [0.1, 0.15) is 0 Å². The number of carbonyl (C=O) groups is 1. The number of amides is 1. The molecule has 1 heterocycles. The molecule has 1 fully saturated rings. The van der Waals surface area contributed by atoms with E-state index in [1.165, 1.54) is 32.9 Å². The monoisotopic (exact) mass is 242 g/mol. The van der Waals surface area contributed by atoms with Crippen LogP contribution in [-0.4, -0.2) is 43.8 Å². The molecule has 4 heteroatoms. The molecule has 17 heavy (non-hydrogen) atoms. The van der Waals surface area contributed by atoms with Gasteiger partial charge in [-0.2, -0.15) is 0 Å². The molecule has 0 aromatic carbocycles. The van der Waals surface area contributed by atoms with Crippen LogP contribution in [0.15, 0.2) is 0 Å². The van der Waals surface area contributed by atoms with Crippen molar-refractivity contribution in [1.82, 2.24) is 10.2 Å². The fourth-order valence-corrected chi connectivity index (χ4v) is 2.75. The molecule has 1 aliphatic heterocycles. The Morgan fingerprint density at radius 1 is 1.35 bits per heavy atom. The Morgan fingerprint density at radius 2 is 2.12 bits per heavy atom. The van der Waals surface area contributed by atoms with Crippen molar-refractivity contribution in [2.45, 2.75) is 45.6 Å². The average Bonchev–Trinajstić information content (AvgIpc) is 2.29. The van der Waals surface area contributed by atoms with Gasteiger partial charge in [0, 0.05) is 19.1 Å². The smallest absolute Gasteiger partial charge is 0.407 e. The summed E-state index contributed by atoms with van der Waals surface area (Å²) in [5.74, 6) is 0.711. The van der Waals surface area contributed by atoms with Crippen molar-refractivity contribution in [3.8, 4) is 0 Å². The normalized spacial score (nSPS) is 25.6. The first-order valence-corrected chi connectivity index (χ1v) is 6.76. The molecule has 1 amide bonds. The Kier molecular flexibility index (Phi) is 6.34. The lowest BCUT2D eigenvalue weighted by Crippen LogP contribution is -2.50. The van der Waals surface area contributed by atoms with E-state index in [4.69, 9.17) is 0 Å². The average molecular weight is 242 g/mol. The van der Waals surface area contributed by atoms with Gasteiger partial charge in [-0.05, 0) is 31.7 Å². The highest BCUT2D eigenvalue weighted by Crippen LogP contribution is 2.21. The highest BCUT2D eigenvalue weighted by molar-refractivity contribution is 5.67. The SMILES string of the molecule is CCCC1CC(NC(=O)OC)CN(CCC)C1. The van der Waals surface area contributed by atoms with Crippen molar-refractivity contribution in [3.05, 3.63) is 0 Å². The van der Waals surface area contributed by atoms with E-state index in [0.717, 1.165) is 19.5 Å². The maximum Gasteiger partial charge on any atom is 0.407 e. The number of alkyl carbamates (subject to hydrolysis) is 1. The highest BCUT2D eigenvalue weighted by Gasteiger charge is 2.27. The summed E-state index contributed by atoms with van der Waals surface area (Å²) in [5, 5.41) is 2.94. The topological polar surface area (TPSA) is 41.6 Å². The van der Waals surface area contributed by atoms with Crippen molar-refractivity contribution < 1.29 is 9.53 Å². The number of nitrogens with one attached hydrogen (secondary N) is 1. The number of ether oxygens (including phenoxy) is 1. The third-order valence-corrected chi connectivity index (χ3v) is 3.36. The lowest BCUT2D eigenvalue weighted by Gasteiger charge is -2.37. The summed E-state index contributed by atoms with van der Waals surface area (Å²) in [5.41, 5.74) is 0. The standard InChI is InChI=1S/C13H26N2O2/c1-4-6-11-8-12(14-13(16)17-3)10-15(9-11)7-5-2/h11-12H,4-10H2,1-3H3,(H,14,16). The molecule has 0 spiro atoms. The number of methoxy groups -OCH3 is 1. The number of hydrogen-bond donors (Lipinski definition) is 1. The number of hydrogen-bond acceptors (Lipinski definition) is 3. The quantitative estimate of drug-likeness (QED) is 0.804. The van der Waals surface area contributed by atoms with Crippen LogP contribution in [0.2, 0.25) is 0 Å². The zero-order chi connectivity index (χ0) is 12.7. The molecule has 1 rings (SSSR count). The lowest BCUT2D eigenvalue weighted by atomic mass is 9.90. The fraction of sp³-hybridized carbons (Fsp3) is 0.923. The van der Waals surface area contributed by atoms with Crippen molar-refractivity contribution in [3.63, 3.8) is 0 Å². The van der Waals surface area contributed by atoms with Crippen molar-refractivity contribution in [1.29, 1.82) is 0 Å². The Hall–Kier alpha value is -0.770. The van der Waals surface area contributed by atoms with E-state index in [9.17, 15) is 4.79 Å². The fourth-order valence-electron chi connectivity index (χ4n) is 2.75. The van der Waals surface area contributed by atoms with Gasteiger partial charge in [-0.15, -0.1) is 0 Å². The van der Waals surface area contributed by atoms with Gasteiger partial charge in [0.05, 0.1) is 7.11 Å². The second-order valence-electron chi connectivity index (χ2n) is 4.98. The summed E-state index contributed by atoms with van der Waals surface area (Å²) in [6.45, 7) is 7.69. The number of carbonyl (C=O) groups excluding carboxylic acids is 1. The minimum absolute atomic E-state index is 0.249. The molecule has 1 N–H and O–H groups in total. The zero-order valence-electron chi connectivity index (χ0n) is 11.4. The molecule has 100 valence electrons. The number of piperidine rings is 1. The van der Waals surface area contributed by atoms with E-state index in [1.54, 1.807) is 0 Å². The van der Waals surface area contributed by atoms with Crippen LogP contribution in [0.4, 0.5) is 4.79 Å². The molecule has 0 saturated carbocycles. The first-order valence-electron chi connectivity index (χ1n) is 6.76. The van der Waals surface area contributed by atoms with Gasteiger partial charge < -0.3 is 15.0 Å². The van der Waals surface area contributed by atoms with Crippen LogP contribution in [0, 0.1) is 5.92 Å². The van der Waals surface area contributed by atoms with Crippen LogP contribution in [0.3, 0.4) is 0 Å². The highest BCUT2D eigenvalue weighted by atomic mass is 16.5. The third-order valence-electron chi connectivity index (χ3n) is 3.36. The molecule has 0 aliphatic carbocycles. The minimum atomic E-state index is -0.302. The molecule has 4 nitrogen and oxygen atoms in total. The maximum absolute atomic E-state index is 11.3. The largest absolute Gasteiger partial charge is 0.453 e. The van der Waals surface area contributed by atoms with Crippen molar-refractivity contribution in [2.75, 3.05) is 26.7 Å². The molecule has 1 aliphatic rings. The number of nitrogens with zero attached hydrogens (tertiary/aromatic N) is 1. The van der Waals surface area contributed by atoms with Crippen LogP contribution in [0.5, 0.6) is 0 Å². The molecule has 0 aromatic heterocycles. The second-order valence-corrected chi connectivity index (χ2v) is 4.98. The minimum Gasteiger partial charge on any atom is -0.453 e. The summed E-state index contributed by atoms with van der Waals surface area (Å²) in [6, 6.07) is 0.249. The van der Waals surface area contributed by atoms with Gasteiger partial charge >= 0.3 is 6.09 Å². The van der Waals surface area contributed by atoms with E-state index in [-0.39, 0.29) is 12.1 Å². The first-order chi connectivity index (χ1) is 8.19. The van der Waals surface area contributed by atoms with E-state index >= 15 is 0 Å². The van der Waals surface area contributed by atoms with Gasteiger partial charge in [-0.25, -0.2) is 4.79 Å². The molecular formula is C13H26N2O2. The lowest BCUT2D eigenvalue weighted by molar-refractivity contribution is 0.121. The van der Waals surface area contributed by atoms with Crippen molar-refractivity contribution >= 4 is 6.09 Å². The van der Waals surface area contributed by atoms with Gasteiger partial charge in [0.2, 0.25) is 0 Å². The third kappa shape index (κ3) is 4.94. The number of likely N-dealkylation sites (tertiary alicyclic amines) is 1. The van der Waals surface area contributed by atoms with Gasteiger partial charge in [-0.1, -0.05) is 20.3 Å². The zero-order valence-corrected chi connectivity index (χ0v) is 11.4. The molecule has 2 atom stereocenters. The van der Waals surface area contributed by atoms with E-state index in [0.29, 0.717) is 5.92 Å². The van der Waals surface area contributed by atoms with Gasteiger partial charge in [0.15, 0.2) is 0 Å². The maximum atomic E-state index is 11.3. The summed E-state index contributed by atoms with van der Waals surface area (Å²) < 4.78 is 4.67. The molecular weight excluding hydrogens is 216 g/mol. The second kappa shape index (κ2) is 7.54. The van der Waals surface area contributed by atoms with Gasteiger partial charge in [0.25, 0.3) is 0 Å². The summed E-state index contributed by atoms with van der Waals surface area (Å²) in [6.07, 6.45) is 4.42. The molecule has 2 unspecified atom stereocenters. The van der Waals surface area contributed by atoms with Crippen LogP contribution in [0.25, 0.3) is 0 Å². The predicted octanol–water partition coefficient (Wildman–Crippen LogP) is 2.24. The molecule has 0 radical (unpaired) electrons. The first kappa shape index (κ1) is 14.3. The molecule has 0 aromatic rings. The van der Waals surface area contributed by atoms with Crippen LogP contribution < -0.4 is 5.32 Å². The van der Waals surface area contributed by atoms with Crippen LogP contribution in [0.1, 0.15) is 39.5 Å². The van der Waals surface area contributed by atoms with Crippen molar-refractivity contribution in [2.24, 2.45) is 5.92 Å². The Balaban J connectivity index is 2.48. The van der Waals surface area contributed by atoms with E-state index in [2.05, 4.69) is 28.8 Å². The Labute approximate surface area is 105 Å². The number of rotatable bonds is 5. The Morgan fingerprint density at radius 3 is 2.71 bits per heavy atom. The van der Waals surface area contributed by atoms with Crippen LogP contribution >= 0.6 is 0 Å². The molecule has 0 bridgehead atoms. The summed E-state index contributed by atoms with van der Waals surface area (Å²) in [7, 11) is 1.42.